The zero-order chi connectivity index (χ0) is 17.3. The van der Waals surface area contributed by atoms with Crippen molar-refractivity contribution >= 4 is 21.7 Å². The van der Waals surface area contributed by atoms with E-state index in [1.165, 1.54) is 0 Å². The predicted molar refractivity (Wildman–Crippen MR) is 81.0 cm³/mol. The fourth-order valence-corrected chi connectivity index (χ4v) is 3.66. The van der Waals surface area contributed by atoms with Gasteiger partial charge in [0.25, 0.3) is 0 Å². The van der Waals surface area contributed by atoms with Crippen molar-refractivity contribution in [3.05, 3.63) is 11.3 Å². The third-order valence-corrected chi connectivity index (χ3v) is 5.57. The van der Waals surface area contributed by atoms with Crippen LogP contribution in [0.1, 0.15) is 40.0 Å². The Labute approximate surface area is 130 Å². The Kier molecular flexibility index (Phi) is 4.96. The summed E-state index contributed by atoms with van der Waals surface area (Å²) in [7, 11) is -2.69. The summed E-state index contributed by atoms with van der Waals surface area (Å²) in [4.78, 5) is 24.3. The smallest absolute Gasteiger partial charge is 0.337 e. The highest BCUT2D eigenvalue weighted by atomic mass is 32.2. The van der Waals surface area contributed by atoms with E-state index in [4.69, 9.17) is 0 Å². The number of carbonyl (C=O) groups is 2. The number of ether oxygens (including phenoxy) is 1. The number of carbonyl (C=O) groups excluding carboxylic acids is 2. The van der Waals surface area contributed by atoms with E-state index >= 15 is 0 Å². The zero-order valence-corrected chi connectivity index (χ0v) is 14.3. The Bertz CT molecular complexity index is 614. The first-order valence-corrected chi connectivity index (χ1v) is 8.75. The zero-order valence-electron chi connectivity index (χ0n) is 13.5. The van der Waals surface area contributed by atoms with Gasteiger partial charge in [-0.25, -0.2) is 13.2 Å². The summed E-state index contributed by atoms with van der Waals surface area (Å²) in [5, 5.41) is 12.5. The Morgan fingerprint density at radius 2 is 1.86 bits per heavy atom. The molecule has 0 saturated carbocycles. The van der Waals surface area contributed by atoms with Crippen molar-refractivity contribution in [3.63, 3.8) is 0 Å². The summed E-state index contributed by atoms with van der Waals surface area (Å²) in [6.45, 7) is 5.20. The summed E-state index contributed by atoms with van der Waals surface area (Å²) in [6, 6.07) is 0. The molecular formula is C14H23NO6S. The van der Waals surface area contributed by atoms with Gasteiger partial charge in [0.2, 0.25) is 5.91 Å². The number of sulfone groups is 1. The SMILES string of the molecule is COC(=O)C1=C(O)CCC(C(=O)NC(C)(C)C)(S(C)(=O)=O)C1. The topological polar surface area (TPSA) is 110 Å². The van der Waals surface area contributed by atoms with Crippen molar-refractivity contribution < 1.29 is 27.9 Å². The predicted octanol–water partition coefficient (Wildman–Crippen LogP) is 0.853. The van der Waals surface area contributed by atoms with E-state index in [1.54, 1.807) is 20.8 Å². The van der Waals surface area contributed by atoms with Crippen LogP contribution in [0.2, 0.25) is 0 Å². The number of aliphatic hydroxyl groups is 1. The van der Waals surface area contributed by atoms with E-state index in [0.29, 0.717) is 0 Å². The number of hydrogen-bond acceptors (Lipinski definition) is 6. The van der Waals surface area contributed by atoms with E-state index in [-0.39, 0.29) is 24.2 Å². The first-order chi connectivity index (χ1) is 9.84. The van der Waals surface area contributed by atoms with Crippen molar-refractivity contribution in [1.29, 1.82) is 0 Å². The molecule has 0 saturated heterocycles. The molecule has 8 heteroatoms. The monoisotopic (exact) mass is 333 g/mol. The molecule has 1 atom stereocenters. The third kappa shape index (κ3) is 3.60. The van der Waals surface area contributed by atoms with E-state index in [0.717, 1.165) is 13.4 Å². The quantitative estimate of drug-likeness (QED) is 0.741. The lowest BCUT2D eigenvalue weighted by Crippen LogP contribution is -2.58. The minimum Gasteiger partial charge on any atom is -0.512 e. The Hall–Kier alpha value is -1.57. The van der Waals surface area contributed by atoms with Gasteiger partial charge >= 0.3 is 5.97 Å². The second-order valence-electron chi connectivity index (χ2n) is 6.56. The van der Waals surface area contributed by atoms with E-state index in [1.807, 2.05) is 0 Å². The standard InChI is InChI=1S/C14H23NO6S/c1-13(2,3)15-12(18)14(22(5,19)20)7-6-10(16)9(8-14)11(17)21-4/h16H,6-8H2,1-5H3,(H,15,18). The van der Waals surface area contributed by atoms with Crippen LogP contribution in [-0.2, 0) is 24.2 Å². The van der Waals surface area contributed by atoms with Crippen LogP contribution in [0.3, 0.4) is 0 Å². The van der Waals surface area contributed by atoms with Crippen LogP contribution in [0.5, 0.6) is 0 Å². The van der Waals surface area contributed by atoms with Gasteiger partial charge in [0.1, 0.15) is 5.76 Å². The van der Waals surface area contributed by atoms with E-state index in [2.05, 4.69) is 10.1 Å². The van der Waals surface area contributed by atoms with Gasteiger partial charge in [-0.15, -0.1) is 0 Å². The Morgan fingerprint density at radius 1 is 1.32 bits per heavy atom. The molecule has 0 bridgehead atoms. The Morgan fingerprint density at radius 3 is 2.27 bits per heavy atom. The number of aliphatic hydroxyl groups excluding tert-OH is 1. The largest absolute Gasteiger partial charge is 0.512 e. The molecule has 0 radical (unpaired) electrons. The number of rotatable bonds is 3. The maximum absolute atomic E-state index is 12.6. The molecule has 1 aliphatic carbocycles. The van der Waals surface area contributed by atoms with Gasteiger partial charge in [0.15, 0.2) is 14.6 Å². The normalized spacial score (nSPS) is 23.1. The number of hydrogen-bond donors (Lipinski definition) is 2. The molecule has 126 valence electrons. The van der Waals surface area contributed by atoms with Gasteiger partial charge in [-0.05, 0) is 27.2 Å². The fourth-order valence-electron chi connectivity index (χ4n) is 2.39. The summed E-state index contributed by atoms with van der Waals surface area (Å²) in [5.74, 6) is -1.72. The molecule has 0 heterocycles. The summed E-state index contributed by atoms with van der Waals surface area (Å²) in [5.41, 5.74) is -0.785. The Balaban J connectivity index is 3.34. The van der Waals surface area contributed by atoms with Crippen molar-refractivity contribution in [2.24, 2.45) is 0 Å². The lowest BCUT2D eigenvalue weighted by molar-refractivity contribution is -0.136. The van der Waals surface area contributed by atoms with Gasteiger partial charge in [0.05, 0.1) is 12.7 Å². The molecule has 22 heavy (non-hydrogen) atoms. The average molecular weight is 333 g/mol. The summed E-state index contributed by atoms with van der Waals surface area (Å²) < 4.78 is 27.3. The minimum atomic E-state index is -3.82. The summed E-state index contributed by atoms with van der Waals surface area (Å²) in [6.07, 6.45) is 0.411. The van der Waals surface area contributed by atoms with Crippen LogP contribution < -0.4 is 5.32 Å². The summed E-state index contributed by atoms with van der Waals surface area (Å²) >= 11 is 0. The highest BCUT2D eigenvalue weighted by Crippen LogP contribution is 2.38. The molecule has 1 amide bonds. The van der Waals surface area contributed by atoms with Gasteiger partial charge in [0, 0.05) is 24.6 Å². The molecule has 0 fully saturated rings. The highest BCUT2D eigenvalue weighted by molar-refractivity contribution is 7.92. The lowest BCUT2D eigenvalue weighted by atomic mass is 9.85. The molecule has 0 aromatic carbocycles. The van der Waals surface area contributed by atoms with E-state index < -0.39 is 38.4 Å². The highest BCUT2D eigenvalue weighted by Gasteiger charge is 2.52. The van der Waals surface area contributed by atoms with Crippen molar-refractivity contribution in [3.8, 4) is 0 Å². The third-order valence-electron chi connectivity index (χ3n) is 3.62. The van der Waals surface area contributed by atoms with Crippen molar-refractivity contribution in [2.45, 2.75) is 50.3 Å². The van der Waals surface area contributed by atoms with Gasteiger partial charge in [-0.3, -0.25) is 4.79 Å². The molecule has 0 aromatic rings. The maximum atomic E-state index is 12.6. The lowest BCUT2D eigenvalue weighted by Gasteiger charge is -2.36. The molecule has 1 unspecified atom stereocenters. The number of allylic oxidation sites excluding steroid dienone is 1. The first kappa shape index (κ1) is 18.5. The van der Waals surface area contributed by atoms with Crippen LogP contribution in [-0.4, -0.2) is 49.1 Å². The van der Waals surface area contributed by atoms with Crippen LogP contribution in [0.4, 0.5) is 0 Å². The molecule has 1 aliphatic rings. The van der Waals surface area contributed by atoms with Gasteiger partial charge in [-0.1, -0.05) is 0 Å². The van der Waals surface area contributed by atoms with Crippen molar-refractivity contribution in [2.75, 3.05) is 13.4 Å². The molecule has 7 nitrogen and oxygen atoms in total. The number of amides is 1. The van der Waals surface area contributed by atoms with Gasteiger partial charge in [-0.2, -0.15) is 0 Å². The van der Waals surface area contributed by atoms with Crippen LogP contribution in [0.15, 0.2) is 11.3 Å². The number of nitrogens with one attached hydrogen (secondary N) is 1. The first-order valence-electron chi connectivity index (χ1n) is 6.85. The van der Waals surface area contributed by atoms with Crippen LogP contribution in [0, 0.1) is 0 Å². The molecule has 0 aromatic heterocycles. The van der Waals surface area contributed by atoms with E-state index in [9.17, 15) is 23.1 Å². The second kappa shape index (κ2) is 5.91. The second-order valence-corrected chi connectivity index (χ2v) is 8.89. The molecule has 0 aliphatic heterocycles. The molecule has 1 rings (SSSR count). The number of esters is 1. The van der Waals surface area contributed by atoms with Crippen LogP contribution >= 0.6 is 0 Å². The van der Waals surface area contributed by atoms with Crippen molar-refractivity contribution in [1.82, 2.24) is 5.32 Å². The fraction of sp³-hybridized carbons (Fsp3) is 0.714. The molecule has 0 spiro atoms. The molecule has 2 N–H and O–H groups in total. The van der Waals surface area contributed by atoms with Gasteiger partial charge < -0.3 is 15.2 Å². The number of methoxy groups -OCH3 is 1. The van der Waals surface area contributed by atoms with Crippen LogP contribution in [0.25, 0.3) is 0 Å². The maximum Gasteiger partial charge on any atom is 0.337 e. The molecular weight excluding hydrogens is 310 g/mol. The average Bonchev–Trinajstić information content (AvgIpc) is 2.35. The minimum absolute atomic E-state index is 0.0743.